The lowest BCUT2D eigenvalue weighted by Crippen LogP contribution is -2.62. The van der Waals surface area contributed by atoms with Crippen molar-refractivity contribution in [1.29, 1.82) is 5.26 Å². The quantitative estimate of drug-likeness (QED) is 0.0978. The van der Waals surface area contributed by atoms with Crippen LogP contribution in [-0.4, -0.2) is 106 Å². The summed E-state index contributed by atoms with van der Waals surface area (Å²) in [5.41, 5.74) is -0.991. The summed E-state index contributed by atoms with van der Waals surface area (Å²) in [6.45, 7) is 7.92. The van der Waals surface area contributed by atoms with Crippen molar-refractivity contribution in [3.05, 3.63) is 35.3 Å². The number of H-pyrrole nitrogens is 1. The van der Waals surface area contributed by atoms with Crippen LogP contribution >= 0.6 is 13.4 Å². The maximum Gasteiger partial charge on any atom is 0.335 e. The molecule has 0 aromatic carbocycles. The van der Waals surface area contributed by atoms with Crippen LogP contribution in [0.4, 0.5) is 0 Å². The number of ether oxygens (including phenoxy) is 1. The Kier molecular flexibility index (Phi) is 15.4. The van der Waals surface area contributed by atoms with Crippen LogP contribution < -0.4 is 10.3 Å². The highest BCUT2D eigenvalue weighted by molar-refractivity contribution is 8.07. The molecule has 1 unspecified atom stereocenters. The Morgan fingerprint density at radius 2 is 1.73 bits per heavy atom. The Bertz CT molecular complexity index is 2120. The molecule has 2 bridgehead atoms. The summed E-state index contributed by atoms with van der Waals surface area (Å²) in [4.78, 5) is 52.1. The van der Waals surface area contributed by atoms with Crippen molar-refractivity contribution in [3.63, 3.8) is 0 Å². The summed E-state index contributed by atoms with van der Waals surface area (Å²) < 4.78 is 54.6. The van der Waals surface area contributed by atoms with Crippen LogP contribution in [0.2, 0.25) is 22.2 Å². The van der Waals surface area contributed by atoms with Crippen molar-refractivity contribution >= 4 is 65.3 Å². The van der Waals surface area contributed by atoms with Gasteiger partial charge >= 0.3 is 30.6 Å². The van der Waals surface area contributed by atoms with E-state index in [9.17, 15) is 19.7 Å². The smallest absolute Gasteiger partial charge is 0.335 e. The van der Waals surface area contributed by atoms with Gasteiger partial charge in [-0.15, -0.1) is 5.10 Å². The second-order valence-corrected chi connectivity index (χ2v) is 31.1. The van der Waals surface area contributed by atoms with Crippen LogP contribution in [0.15, 0.2) is 29.7 Å². The molecule has 2 saturated carbocycles. The van der Waals surface area contributed by atoms with Gasteiger partial charge < -0.3 is 50.6 Å². The normalized spacial score (nSPS) is 30.6. The monoisotopic (exact) mass is 946 g/mol. The number of aromatic nitrogens is 7. The topological polar surface area (TPSA) is 240 Å². The van der Waals surface area contributed by atoms with E-state index in [0.29, 0.717) is 18.7 Å². The maximum absolute atomic E-state index is 12.9. The predicted molar refractivity (Wildman–Crippen MR) is 231 cm³/mol. The zero-order valence-corrected chi connectivity index (χ0v) is 40.4. The van der Waals surface area contributed by atoms with Gasteiger partial charge in [-0.2, -0.15) is 5.26 Å². The first-order valence-corrected chi connectivity index (χ1v) is 29.4. The van der Waals surface area contributed by atoms with Crippen LogP contribution in [0.3, 0.4) is 0 Å². The summed E-state index contributed by atoms with van der Waals surface area (Å²) >= 11 is 11.9. The average molecular weight is 947 g/mol. The van der Waals surface area contributed by atoms with Crippen molar-refractivity contribution in [1.82, 2.24) is 34.9 Å². The maximum atomic E-state index is 12.9. The molecule has 3 aliphatic rings. The molecular formula is C35H56N8O11P2S2Si2. The highest BCUT2D eigenvalue weighted by Gasteiger charge is 2.60. The van der Waals surface area contributed by atoms with E-state index in [1.807, 2.05) is 55.4 Å². The molecule has 25 heteroatoms. The first-order chi connectivity index (χ1) is 28.3. The average Bonchev–Trinajstić information content (AvgIpc) is 3.88. The summed E-state index contributed by atoms with van der Waals surface area (Å²) in [5.74, 6) is -0.643. The minimum Gasteiger partial charge on any atom is -0.474 e. The lowest BCUT2D eigenvalue weighted by Gasteiger charge is -2.48. The molecule has 0 spiro atoms. The summed E-state index contributed by atoms with van der Waals surface area (Å²) in [6, 6.07) is 2.97. The summed E-state index contributed by atoms with van der Waals surface area (Å²) in [6.07, 6.45) is 2.19. The fourth-order valence-electron chi connectivity index (χ4n) is 8.32. The van der Waals surface area contributed by atoms with Gasteiger partial charge in [0.2, 0.25) is 5.88 Å². The van der Waals surface area contributed by atoms with Crippen molar-refractivity contribution in [3.8, 4) is 11.9 Å². The minimum absolute atomic E-state index is 0.00562. The van der Waals surface area contributed by atoms with Gasteiger partial charge in [0.1, 0.15) is 18.5 Å². The summed E-state index contributed by atoms with van der Waals surface area (Å²) in [5, 5.41) is 18.1. The van der Waals surface area contributed by atoms with Gasteiger partial charge in [0.25, 0.3) is 5.56 Å². The third kappa shape index (κ3) is 10.3. The SMILES string of the molecule is CC(C)[Si](O)(O[Si](O[C@@H]1[C@H]2COP(O)(=S)O[C@H]3C[C@H](Oc4ccncn4)C[C@@H]3CO[P@@](=S)(OCCC#N)O[C@H]1[C@H](n1nnc3c(=O)[nH]cnc31)C2)(C(C)C)C(C)C)C(C)C. The third-order valence-corrected chi connectivity index (χ3v) is 25.2. The lowest BCUT2D eigenvalue weighted by molar-refractivity contribution is -0.0104. The molecule has 0 amide bonds. The van der Waals surface area contributed by atoms with Crippen LogP contribution in [-0.2, 0) is 54.8 Å². The number of rotatable bonds is 14. The third-order valence-electron chi connectivity index (χ3n) is 11.5. The fourth-order valence-corrected chi connectivity index (χ4v) is 22.0. The number of fused-ring (bicyclic) bond motifs is 4. The molecule has 3 aromatic rings. The molecule has 2 aliphatic carbocycles. The van der Waals surface area contributed by atoms with Crippen molar-refractivity contribution < 1.29 is 45.6 Å². The van der Waals surface area contributed by atoms with Gasteiger partial charge in [-0.1, -0.05) is 60.6 Å². The molecule has 4 heterocycles. The first-order valence-electron chi connectivity index (χ1n) is 20.2. The van der Waals surface area contributed by atoms with Crippen LogP contribution in [0.25, 0.3) is 11.2 Å². The van der Waals surface area contributed by atoms with E-state index in [2.05, 4.69) is 36.3 Å². The van der Waals surface area contributed by atoms with E-state index in [1.54, 1.807) is 12.3 Å². The number of hydrogen-bond donors (Lipinski definition) is 3. The molecule has 9 atom stereocenters. The van der Waals surface area contributed by atoms with E-state index in [1.165, 1.54) is 17.3 Å². The number of nitrogens with one attached hydrogen (secondary N) is 1. The standard InChI is InChI=1S/C35H56N8O11P2S2Si2/c1-21(2)59(46,22(3)4)54-60(23(5)6,24(7)8)53-32-26-15-28(43-34-31(41-42-43)35(44)40-20-39-34)33(32)52-56(58,47-13-9-11-36)49-17-25-14-27(50-30-10-12-37-19-38-30)16-29(25)51-55(45,57)48-18-26/h10,12,19-29,32-33,46H,9,13-18H2,1-8H3,(H,45,57)(H,39,40,44)/t25-,26-,27-,28-,29+,32-,33+,55?,56+/m1/s1. The number of aromatic amines is 1. The van der Waals surface area contributed by atoms with Gasteiger partial charge in [0, 0.05) is 30.5 Å². The van der Waals surface area contributed by atoms with Crippen molar-refractivity contribution in [2.24, 2.45) is 11.8 Å². The molecular weight excluding hydrogens is 891 g/mol. The number of nitriles is 1. The van der Waals surface area contributed by atoms with E-state index >= 15 is 0 Å². The van der Waals surface area contributed by atoms with Gasteiger partial charge in [0.15, 0.2) is 11.2 Å². The molecule has 1 aliphatic heterocycles. The summed E-state index contributed by atoms with van der Waals surface area (Å²) in [7, 11) is -6.97. The second kappa shape index (κ2) is 19.4. The Hall–Kier alpha value is -1.98. The van der Waals surface area contributed by atoms with Gasteiger partial charge in [-0.25, -0.2) is 19.6 Å². The molecule has 332 valence electrons. The van der Waals surface area contributed by atoms with E-state index < -0.39 is 78.4 Å². The largest absolute Gasteiger partial charge is 0.474 e. The molecule has 6 rings (SSSR count). The Morgan fingerprint density at radius 3 is 2.38 bits per heavy atom. The Morgan fingerprint density at radius 1 is 1.02 bits per heavy atom. The van der Waals surface area contributed by atoms with Crippen LogP contribution in [0.1, 0.15) is 87.1 Å². The molecule has 3 fully saturated rings. The number of hydrogen-bond acceptors (Lipinski definition) is 18. The van der Waals surface area contributed by atoms with E-state index in [-0.39, 0.29) is 66.0 Å². The molecule has 3 aromatic heterocycles. The van der Waals surface area contributed by atoms with Gasteiger partial charge in [0.05, 0.1) is 56.9 Å². The molecule has 1 saturated heterocycles. The second-order valence-electron chi connectivity index (χ2n) is 16.8. The van der Waals surface area contributed by atoms with Gasteiger partial charge in [-0.3, -0.25) is 4.79 Å². The van der Waals surface area contributed by atoms with E-state index in [4.69, 9.17) is 59.5 Å². The van der Waals surface area contributed by atoms with Crippen molar-refractivity contribution in [2.75, 3.05) is 19.8 Å². The Balaban J connectivity index is 1.47. The zero-order chi connectivity index (χ0) is 43.6. The highest BCUT2D eigenvalue weighted by Crippen LogP contribution is 2.59. The van der Waals surface area contributed by atoms with E-state index in [0.717, 1.165) is 0 Å². The fraction of sp³-hybridized carbons (Fsp3) is 0.743. The first kappa shape index (κ1) is 47.5. The highest BCUT2D eigenvalue weighted by atomic mass is 32.5. The lowest BCUT2D eigenvalue weighted by atomic mass is 10.1. The zero-order valence-electron chi connectivity index (χ0n) is 35.0. The molecule has 3 N–H and O–H groups in total. The molecule has 60 heavy (non-hydrogen) atoms. The van der Waals surface area contributed by atoms with Crippen LogP contribution in [0, 0.1) is 23.2 Å². The Labute approximate surface area is 362 Å². The number of nitrogens with zero attached hydrogens (tertiary/aromatic N) is 7. The molecule has 19 nitrogen and oxygen atoms in total. The minimum atomic E-state index is -3.95. The van der Waals surface area contributed by atoms with Crippen molar-refractivity contribution in [2.45, 2.75) is 134 Å². The van der Waals surface area contributed by atoms with Crippen LogP contribution in [0.5, 0.6) is 5.88 Å². The molecule has 0 radical (unpaired) electrons. The predicted octanol–water partition coefficient (Wildman–Crippen LogP) is 5.83. The van der Waals surface area contributed by atoms with Gasteiger partial charge in [-0.05, 0) is 58.6 Å².